The molecule has 2 aromatic rings. The van der Waals surface area contributed by atoms with E-state index in [9.17, 15) is 0 Å². The Labute approximate surface area is 115 Å². The number of para-hydroxylation sites is 1. The molecule has 0 spiro atoms. The molecular formula is C13H16BrN3O. The van der Waals surface area contributed by atoms with Crippen LogP contribution in [0, 0.1) is 0 Å². The second-order valence-electron chi connectivity index (χ2n) is 4.08. The van der Waals surface area contributed by atoms with E-state index in [2.05, 4.69) is 32.3 Å². The summed E-state index contributed by atoms with van der Waals surface area (Å²) in [5.74, 6) is 0. The molecule has 0 N–H and O–H groups in total. The van der Waals surface area contributed by atoms with Gasteiger partial charge >= 0.3 is 0 Å². The van der Waals surface area contributed by atoms with E-state index in [1.807, 2.05) is 36.0 Å². The van der Waals surface area contributed by atoms with Crippen LogP contribution in [-0.2, 0) is 11.2 Å². The Hall–Kier alpha value is -1.20. The lowest BCUT2D eigenvalue weighted by molar-refractivity contribution is 0.202. The molecule has 1 heterocycles. The molecule has 96 valence electrons. The Morgan fingerprint density at radius 2 is 2.17 bits per heavy atom. The lowest BCUT2D eigenvalue weighted by Crippen LogP contribution is -2.03. The Bertz CT molecular complexity index is 510. The molecule has 0 aliphatic carbocycles. The summed E-state index contributed by atoms with van der Waals surface area (Å²) < 4.78 is 6.94. The first-order valence-electron chi connectivity index (χ1n) is 5.86. The van der Waals surface area contributed by atoms with Gasteiger partial charge in [-0.05, 0) is 25.0 Å². The van der Waals surface area contributed by atoms with Crippen molar-refractivity contribution in [3.8, 4) is 5.69 Å². The topological polar surface area (TPSA) is 39.9 Å². The molecule has 1 aromatic heterocycles. The standard InChI is InChI=1S/C13H16BrN3O/c1-10(14)12-9-17(16-15-12)13-6-4-3-5-11(13)7-8-18-2/h3-6,9-10H,7-8H2,1-2H3. The number of aromatic nitrogens is 3. The molecule has 0 amide bonds. The van der Waals surface area contributed by atoms with Gasteiger partial charge in [0.15, 0.2) is 0 Å². The van der Waals surface area contributed by atoms with Crippen molar-refractivity contribution in [2.75, 3.05) is 13.7 Å². The van der Waals surface area contributed by atoms with Crippen molar-refractivity contribution in [3.63, 3.8) is 0 Å². The lowest BCUT2D eigenvalue weighted by atomic mass is 10.1. The van der Waals surface area contributed by atoms with Gasteiger partial charge in [-0.1, -0.05) is 39.3 Å². The predicted molar refractivity (Wildman–Crippen MR) is 74.3 cm³/mol. The summed E-state index contributed by atoms with van der Waals surface area (Å²) in [6, 6.07) is 8.17. The third kappa shape index (κ3) is 2.97. The number of ether oxygens (including phenoxy) is 1. The van der Waals surface area contributed by atoms with E-state index in [4.69, 9.17) is 4.74 Å². The summed E-state index contributed by atoms with van der Waals surface area (Å²) in [4.78, 5) is 0.206. The fraction of sp³-hybridized carbons (Fsp3) is 0.385. The number of hydrogen-bond donors (Lipinski definition) is 0. The Morgan fingerprint density at radius 3 is 2.83 bits per heavy atom. The monoisotopic (exact) mass is 309 g/mol. The van der Waals surface area contributed by atoms with Crippen LogP contribution in [0.2, 0.25) is 0 Å². The van der Waals surface area contributed by atoms with Crippen molar-refractivity contribution in [2.24, 2.45) is 0 Å². The van der Waals surface area contributed by atoms with E-state index in [1.165, 1.54) is 5.56 Å². The van der Waals surface area contributed by atoms with Gasteiger partial charge in [-0.15, -0.1) is 5.10 Å². The van der Waals surface area contributed by atoms with Crippen molar-refractivity contribution in [3.05, 3.63) is 41.7 Å². The summed E-state index contributed by atoms with van der Waals surface area (Å²) in [6.07, 6.45) is 2.82. The van der Waals surface area contributed by atoms with Gasteiger partial charge in [-0.2, -0.15) is 0 Å². The van der Waals surface area contributed by atoms with E-state index < -0.39 is 0 Å². The van der Waals surface area contributed by atoms with Crippen LogP contribution in [-0.4, -0.2) is 28.7 Å². The molecule has 2 rings (SSSR count). The fourth-order valence-corrected chi connectivity index (χ4v) is 1.94. The molecule has 0 bridgehead atoms. The van der Waals surface area contributed by atoms with Gasteiger partial charge in [0.25, 0.3) is 0 Å². The number of benzene rings is 1. The maximum absolute atomic E-state index is 5.13. The molecule has 18 heavy (non-hydrogen) atoms. The molecule has 0 saturated heterocycles. The van der Waals surface area contributed by atoms with Gasteiger partial charge in [-0.25, -0.2) is 4.68 Å². The quantitative estimate of drug-likeness (QED) is 0.797. The molecule has 1 aromatic carbocycles. The zero-order valence-corrected chi connectivity index (χ0v) is 12.1. The first-order chi connectivity index (χ1) is 8.72. The summed E-state index contributed by atoms with van der Waals surface area (Å²) in [5, 5.41) is 8.32. The molecule has 0 saturated carbocycles. The highest BCUT2D eigenvalue weighted by Gasteiger charge is 2.09. The van der Waals surface area contributed by atoms with Gasteiger partial charge in [0.2, 0.25) is 0 Å². The second kappa shape index (κ2) is 6.11. The Kier molecular flexibility index (Phi) is 4.49. The zero-order valence-electron chi connectivity index (χ0n) is 10.5. The van der Waals surface area contributed by atoms with Gasteiger partial charge in [-0.3, -0.25) is 0 Å². The average molecular weight is 310 g/mol. The van der Waals surface area contributed by atoms with Crippen LogP contribution >= 0.6 is 15.9 Å². The highest BCUT2D eigenvalue weighted by atomic mass is 79.9. The minimum atomic E-state index is 0.206. The van der Waals surface area contributed by atoms with E-state index in [1.54, 1.807) is 7.11 Å². The molecule has 0 fully saturated rings. The number of rotatable bonds is 5. The third-order valence-electron chi connectivity index (χ3n) is 2.73. The lowest BCUT2D eigenvalue weighted by Gasteiger charge is -2.08. The van der Waals surface area contributed by atoms with Crippen molar-refractivity contribution in [1.82, 2.24) is 15.0 Å². The third-order valence-corrected chi connectivity index (χ3v) is 3.20. The van der Waals surface area contributed by atoms with Crippen LogP contribution in [0.3, 0.4) is 0 Å². The minimum Gasteiger partial charge on any atom is -0.384 e. The highest BCUT2D eigenvalue weighted by Crippen LogP contribution is 2.21. The smallest absolute Gasteiger partial charge is 0.0965 e. The summed E-state index contributed by atoms with van der Waals surface area (Å²) in [7, 11) is 1.71. The molecule has 0 aliphatic rings. The van der Waals surface area contributed by atoms with Gasteiger partial charge in [0.05, 0.1) is 29.0 Å². The molecular weight excluding hydrogens is 294 g/mol. The Balaban J connectivity index is 2.30. The average Bonchev–Trinajstić information content (AvgIpc) is 2.86. The molecule has 5 heteroatoms. The summed E-state index contributed by atoms with van der Waals surface area (Å²) in [5.41, 5.74) is 3.19. The van der Waals surface area contributed by atoms with E-state index in [-0.39, 0.29) is 4.83 Å². The van der Waals surface area contributed by atoms with Gasteiger partial charge < -0.3 is 4.74 Å². The van der Waals surface area contributed by atoms with E-state index in [0.29, 0.717) is 6.61 Å². The SMILES string of the molecule is COCCc1ccccc1-n1cc(C(C)Br)nn1. The van der Waals surface area contributed by atoms with Crippen LogP contribution in [0.1, 0.15) is 23.0 Å². The molecule has 0 radical (unpaired) electrons. The number of halogens is 1. The first-order valence-corrected chi connectivity index (χ1v) is 6.77. The zero-order chi connectivity index (χ0) is 13.0. The van der Waals surface area contributed by atoms with Crippen LogP contribution < -0.4 is 0 Å². The summed E-state index contributed by atoms with van der Waals surface area (Å²) in [6.45, 7) is 2.73. The molecule has 1 unspecified atom stereocenters. The number of nitrogens with zero attached hydrogens (tertiary/aromatic N) is 3. The predicted octanol–water partition coefficient (Wildman–Crippen LogP) is 2.91. The maximum Gasteiger partial charge on any atom is 0.0965 e. The van der Waals surface area contributed by atoms with E-state index in [0.717, 1.165) is 17.8 Å². The van der Waals surface area contributed by atoms with Gasteiger partial charge in [0, 0.05) is 7.11 Å². The molecule has 4 nitrogen and oxygen atoms in total. The largest absolute Gasteiger partial charge is 0.384 e. The van der Waals surface area contributed by atoms with Crippen LogP contribution in [0.4, 0.5) is 0 Å². The maximum atomic E-state index is 5.13. The van der Waals surface area contributed by atoms with Crippen LogP contribution in [0.25, 0.3) is 5.69 Å². The Morgan fingerprint density at radius 1 is 1.39 bits per heavy atom. The molecule has 1 atom stereocenters. The minimum absolute atomic E-state index is 0.206. The van der Waals surface area contributed by atoms with Crippen LogP contribution in [0.15, 0.2) is 30.5 Å². The van der Waals surface area contributed by atoms with Crippen LogP contribution in [0.5, 0.6) is 0 Å². The summed E-state index contributed by atoms with van der Waals surface area (Å²) >= 11 is 3.49. The normalized spacial score (nSPS) is 12.6. The number of hydrogen-bond acceptors (Lipinski definition) is 3. The van der Waals surface area contributed by atoms with Gasteiger partial charge in [0.1, 0.15) is 0 Å². The number of methoxy groups -OCH3 is 1. The highest BCUT2D eigenvalue weighted by molar-refractivity contribution is 9.09. The number of alkyl halides is 1. The van der Waals surface area contributed by atoms with Crippen molar-refractivity contribution >= 4 is 15.9 Å². The first kappa shape index (κ1) is 13.2. The van der Waals surface area contributed by atoms with Crippen molar-refractivity contribution in [2.45, 2.75) is 18.2 Å². The van der Waals surface area contributed by atoms with Crippen molar-refractivity contribution in [1.29, 1.82) is 0 Å². The van der Waals surface area contributed by atoms with E-state index >= 15 is 0 Å². The fourth-order valence-electron chi connectivity index (χ4n) is 1.73. The molecule has 0 aliphatic heterocycles. The second-order valence-corrected chi connectivity index (χ2v) is 5.45. The van der Waals surface area contributed by atoms with Crippen molar-refractivity contribution < 1.29 is 4.74 Å².